The molecule has 3 aromatic rings. The first-order chi connectivity index (χ1) is 9.70. The van der Waals surface area contributed by atoms with E-state index >= 15 is 0 Å². The molecule has 0 unspecified atom stereocenters. The molecule has 0 bridgehead atoms. The lowest BCUT2D eigenvalue weighted by Gasteiger charge is -2.04. The van der Waals surface area contributed by atoms with Crippen molar-refractivity contribution in [1.29, 1.82) is 0 Å². The number of fused-ring (bicyclic) bond motifs is 1. The van der Waals surface area contributed by atoms with Crippen molar-refractivity contribution in [3.8, 4) is 11.4 Å². The van der Waals surface area contributed by atoms with Crippen LogP contribution in [0.2, 0.25) is 5.02 Å². The van der Waals surface area contributed by atoms with Crippen LogP contribution in [0.25, 0.3) is 17.0 Å². The summed E-state index contributed by atoms with van der Waals surface area (Å²) in [5.74, 6) is 0.0313. The van der Waals surface area contributed by atoms with Gasteiger partial charge in [0.2, 0.25) is 0 Å². The fourth-order valence-electron chi connectivity index (χ4n) is 1.80. The van der Waals surface area contributed by atoms with E-state index in [0.29, 0.717) is 27.6 Å². The Labute approximate surface area is 118 Å². The third kappa shape index (κ3) is 1.97. The second-order valence-corrected chi connectivity index (χ2v) is 4.32. The zero-order valence-electron chi connectivity index (χ0n) is 10.3. The number of esters is 1. The Morgan fingerprint density at radius 3 is 2.90 bits per heavy atom. The van der Waals surface area contributed by atoms with E-state index in [9.17, 15) is 4.79 Å². The van der Waals surface area contributed by atoms with Crippen molar-refractivity contribution in [2.24, 2.45) is 0 Å². The van der Waals surface area contributed by atoms with Crippen LogP contribution >= 0.6 is 11.6 Å². The summed E-state index contributed by atoms with van der Waals surface area (Å²) in [6, 6.07) is 3.23. The molecule has 8 heteroatoms. The van der Waals surface area contributed by atoms with Gasteiger partial charge in [-0.1, -0.05) is 11.6 Å². The van der Waals surface area contributed by atoms with Crippen LogP contribution < -0.4 is 0 Å². The predicted octanol–water partition coefficient (Wildman–Crippen LogP) is 1.63. The molecule has 3 aromatic heterocycles. The summed E-state index contributed by atoms with van der Waals surface area (Å²) in [4.78, 5) is 11.6. The number of pyridine rings is 1. The lowest BCUT2D eigenvalue weighted by molar-refractivity contribution is 0.0600. The van der Waals surface area contributed by atoms with Crippen LogP contribution in [0, 0.1) is 0 Å². The minimum absolute atomic E-state index is 0.313. The quantitative estimate of drug-likeness (QED) is 0.667. The molecule has 3 heterocycles. The Morgan fingerprint density at radius 2 is 2.20 bits per heavy atom. The van der Waals surface area contributed by atoms with Crippen LogP contribution in [0.4, 0.5) is 0 Å². The summed E-state index contributed by atoms with van der Waals surface area (Å²) < 4.78 is 6.30. The van der Waals surface area contributed by atoms with Gasteiger partial charge in [-0.2, -0.15) is 10.2 Å². The number of rotatable bonds is 2. The van der Waals surface area contributed by atoms with Gasteiger partial charge in [-0.25, -0.2) is 4.79 Å². The number of aromatic nitrogens is 5. The smallest absolute Gasteiger partial charge is 0.339 e. The number of halogens is 1. The molecule has 0 saturated heterocycles. The number of ether oxygens (including phenoxy) is 1. The van der Waals surface area contributed by atoms with Gasteiger partial charge in [0.15, 0.2) is 11.5 Å². The summed E-state index contributed by atoms with van der Waals surface area (Å²) in [6.45, 7) is 0. The van der Waals surface area contributed by atoms with Gasteiger partial charge in [0.25, 0.3) is 0 Å². The van der Waals surface area contributed by atoms with E-state index in [-0.39, 0.29) is 0 Å². The van der Waals surface area contributed by atoms with E-state index in [2.05, 4.69) is 25.1 Å². The van der Waals surface area contributed by atoms with E-state index < -0.39 is 5.97 Å². The molecule has 0 saturated carbocycles. The molecule has 0 fully saturated rings. The topological polar surface area (TPSA) is 82.3 Å². The minimum Gasteiger partial charge on any atom is -0.465 e. The number of nitrogens with zero attached hydrogens (tertiary/aromatic N) is 5. The zero-order chi connectivity index (χ0) is 14.1. The average molecular weight is 290 g/mol. The van der Waals surface area contributed by atoms with Gasteiger partial charge < -0.3 is 4.74 Å². The fraction of sp³-hybridized carbons (Fsp3) is 0.0833. The van der Waals surface area contributed by atoms with Crippen LogP contribution in [-0.4, -0.2) is 37.9 Å². The maximum absolute atomic E-state index is 11.6. The van der Waals surface area contributed by atoms with Crippen molar-refractivity contribution in [2.45, 2.75) is 0 Å². The predicted molar refractivity (Wildman–Crippen MR) is 70.4 cm³/mol. The number of carbonyl (C=O) groups is 1. The van der Waals surface area contributed by atoms with Crippen molar-refractivity contribution >= 4 is 23.2 Å². The largest absolute Gasteiger partial charge is 0.465 e. The molecule has 3 rings (SSSR count). The van der Waals surface area contributed by atoms with Crippen LogP contribution in [-0.2, 0) is 4.74 Å². The van der Waals surface area contributed by atoms with Gasteiger partial charge in [-0.05, 0) is 12.1 Å². The summed E-state index contributed by atoms with van der Waals surface area (Å²) in [6.07, 6.45) is 4.67. The van der Waals surface area contributed by atoms with Crippen molar-refractivity contribution in [1.82, 2.24) is 24.8 Å². The Hall–Kier alpha value is -2.54. The molecule has 0 N–H and O–H groups in total. The summed E-state index contributed by atoms with van der Waals surface area (Å²) in [5.41, 5.74) is 1.48. The molecule has 20 heavy (non-hydrogen) atoms. The maximum Gasteiger partial charge on any atom is 0.339 e. The van der Waals surface area contributed by atoms with Crippen LogP contribution in [0.15, 0.2) is 30.7 Å². The number of hydrogen-bond donors (Lipinski definition) is 0. The summed E-state index contributed by atoms with van der Waals surface area (Å²) in [7, 11) is 1.31. The first-order valence-corrected chi connectivity index (χ1v) is 5.98. The van der Waals surface area contributed by atoms with Crippen molar-refractivity contribution in [3.63, 3.8) is 0 Å². The lowest BCUT2D eigenvalue weighted by Crippen LogP contribution is -2.04. The second-order valence-electron chi connectivity index (χ2n) is 3.92. The molecule has 0 aliphatic rings. The fourth-order valence-corrected chi connectivity index (χ4v) is 2.05. The number of methoxy groups -OCH3 is 1. The molecule has 7 nitrogen and oxygen atoms in total. The maximum atomic E-state index is 11.6. The SMILES string of the molecule is COC(=O)c1cc(Cl)c2nnc(-c3ccnnc3)n2c1. The van der Waals surface area contributed by atoms with E-state index in [0.717, 1.165) is 0 Å². The molecule has 100 valence electrons. The van der Waals surface area contributed by atoms with Crippen molar-refractivity contribution in [3.05, 3.63) is 41.3 Å². The third-order valence-electron chi connectivity index (χ3n) is 2.72. The Morgan fingerprint density at radius 1 is 1.35 bits per heavy atom. The van der Waals surface area contributed by atoms with Gasteiger partial charge in [-0.15, -0.1) is 10.2 Å². The van der Waals surface area contributed by atoms with Gasteiger partial charge in [0.1, 0.15) is 0 Å². The highest BCUT2D eigenvalue weighted by Gasteiger charge is 2.15. The monoisotopic (exact) mass is 289 g/mol. The van der Waals surface area contributed by atoms with Crippen LogP contribution in [0.5, 0.6) is 0 Å². The number of hydrogen-bond acceptors (Lipinski definition) is 6. The third-order valence-corrected chi connectivity index (χ3v) is 3.00. The normalized spacial score (nSPS) is 10.7. The summed E-state index contributed by atoms with van der Waals surface area (Å²) in [5, 5.41) is 15.9. The van der Waals surface area contributed by atoms with Crippen molar-refractivity contribution < 1.29 is 9.53 Å². The lowest BCUT2D eigenvalue weighted by atomic mass is 10.2. The highest BCUT2D eigenvalue weighted by Crippen LogP contribution is 2.23. The Kier molecular flexibility index (Phi) is 3.03. The highest BCUT2D eigenvalue weighted by molar-refractivity contribution is 6.33. The first kappa shape index (κ1) is 12.5. The molecule has 0 atom stereocenters. The van der Waals surface area contributed by atoms with Crippen LogP contribution in [0.1, 0.15) is 10.4 Å². The molecular formula is C12H8ClN5O2. The van der Waals surface area contributed by atoms with Gasteiger partial charge in [-0.3, -0.25) is 4.40 Å². The molecular weight excluding hydrogens is 282 g/mol. The molecule has 0 aromatic carbocycles. The Bertz CT molecular complexity index is 787. The average Bonchev–Trinajstić information content (AvgIpc) is 2.91. The summed E-state index contributed by atoms with van der Waals surface area (Å²) >= 11 is 6.10. The number of carbonyl (C=O) groups excluding carboxylic acids is 1. The molecule has 0 spiro atoms. The minimum atomic E-state index is -0.485. The van der Waals surface area contributed by atoms with E-state index in [1.165, 1.54) is 13.2 Å². The molecule has 0 aliphatic carbocycles. The molecule has 0 aliphatic heterocycles. The van der Waals surface area contributed by atoms with E-state index in [4.69, 9.17) is 11.6 Å². The van der Waals surface area contributed by atoms with Crippen LogP contribution in [0.3, 0.4) is 0 Å². The van der Waals surface area contributed by atoms with Gasteiger partial charge in [0.05, 0.1) is 30.1 Å². The second kappa shape index (κ2) is 4.86. The van der Waals surface area contributed by atoms with Crippen molar-refractivity contribution in [2.75, 3.05) is 7.11 Å². The highest BCUT2D eigenvalue weighted by atomic mass is 35.5. The Balaban J connectivity index is 2.25. The standard InChI is InChI=1S/C12H8ClN5O2/c1-20-12(19)8-4-9(13)11-17-16-10(18(11)6-8)7-2-3-14-15-5-7/h2-6H,1H3. The van der Waals surface area contributed by atoms with Gasteiger partial charge >= 0.3 is 5.97 Å². The zero-order valence-corrected chi connectivity index (χ0v) is 11.1. The van der Waals surface area contributed by atoms with Gasteiger partial charge in [0, 0.05) is 11.8 Å². The first-order valence-electron chi connectivity index (χ1n) is 5.60. The molecule has 0 amide bonds. The van der Waals surface area contributed by atoms with E-state index in [1.807, 2.05) is 0 Å². The molecule has 0 radical (unpaired) electrons. The van der Waals surface area contributed by atoms with E-state index in [1.54, 1.807) is 29.1 Å².